The zero-order valence-electron chi connectivity index (χ0n) is 7.38. The molecule has 0 aliphatic heterocycles. The van der Waals surface area contributed by atoms with Crippen LogP contribution in [0.25, 0.3) is 0 Å². The molecule has 0 saturated heterocycles. The molecule has 0 amide bonds. The van der Waals surface area contributed by atoms with Crippen molar-refractivity contribution < 1.29 is 8.42 Å². The highest BCUT2D eigenvalue weighted by molar-refractivity contribution is 8.12. The Labute approximate surface area is 80.2 Å². The second kappa shape index (κ2) is 6.14. The lowest BCUT2D eigenvalue weighted by Gasteiger charge is -2.11. The van der Waals surface area contributed by atoms with E-state index in [2.05, 4.69) is 18.6 Å². The molecule has 0 spiro atoms. The van der Waals surface area contributed by atoms with Gasteiger partial charge in [0.2, 0.25) is 0 Å². The highest BCUT2D eigenvalue weighted by Crippen LogP contribution is 2.32. The molecule has 0 aromatic heterocycles. The molecule has 0 rings (SSSR count). The molecule has 0 aromatic rings. The Bertz CT molecular complexity index is 204. The third-order valence-corrected chi connectivity index (χ3v) is 5.12. The molecule has 74 valence electrons. The van der Waals surface area contributed by atoms with Crippen molar-refractivity contribution in [3.05, 3.63) is 0 Å². The molecule has 12 heavy (non-hydrogen) atoms. The summed E-state index contributed by atoms with van der Waals surface area (Å²) in [6, 6.07) is 0. The molecule has 0 aliphatic rings. The summed E-state index contributed by atoms with van der Waals surface area (Å²) in [7, 11) is 1.47. The first kappa shape index (κ1) is 12.6. The molecule has 0 aromatic carbocycles. The molecule has 0 saturated carbocycles. The topological polar surface area (TPSA) is 46.2 Å². The van der Waals surface area contributed by atoms with Crippen molar-refractivity contribution in [3.8, 4) is 0 Å². The third kappa shape index (κ3) is 7.29. The molecule has 1 N–H and O–H groups in total. The number of nitrogens with one attached hydrogen (secondary N) is 1. The van der Waals surface area contributed by atoms with Crippen LogP contribution in [0.3, 0.4) is 0 Å². The van der Waals surface area contributed by atoms with Crippen molar-refractivity contribution in [2.75, 3.05) is 25.0 Å². The summed E-state index contributed by atoms with van der Waals surface area (Å²) in [5.41, 5.74) is 0. The molecular formula is C6H15ClNO2PS. The standard InChI is InChI=1S/C6H15ClNO2PS/c1-3-11(4-2)6-5-8-12(7,9)10/h8H,3-6H2,1-2H3. The van der Waals surface area contributed by atoms with E-state index in [-0.39, 0.29) is 7.92 Å². The van der Waals surface area contributed by atoms with Crippen molar-refractivity contribution in [3.63, 3.8) is 0 Å². The van der Waals surface area contributed by atoms with Crippen molar-refractivity contribution >= 4 is 27.8 Å². The van der Waals surface area contributed by atoms with Crippen LogP contribution in [-0.4, -0.2) is 33.4 Å². The van der Waals surface area contributed by atoms with Crippen LogP contribution in [0.1, 0.15) is 13.8 Å². The van der Waals surface area contributed by atoms with Crippen LogP contribution in [0.2, 0.25) is 0 Å². The van der Waals surface area contributed by atoms with Gasteiger partial charge in [-0.15, -0.1) is 7.92 Å². The highest BCUT2D eigenvalue weighted by Gasteiger charge is 2.05. The van der Waals surface area contributed by atoms with Crippen LogP contribution in [0.5, 0.6) is 0 Å². The second-order valence-corrected chi connectivity index (χ2v) is 7.80. The van der Waals surface area contributed by atoms with E-state index < -0.39 is 9.24 Å². The zero-order chi connectivity index (χ0) is 9.61. The molecule has 0 atom stereocenters. The maximum Gasteiger partial charge on any atom is 0.297 e. The minimum Gasteiger partial charge on any atom is -0.202 e. The Kier molecular flexibility index (Phi) is 6.46. The summed E-state index contributed by atoms with van der Waals surface area (Å²) in [6.07, 6.45) is 3.22. The van der Waals surface area contributed by atoms with Crippen LogP contribution in [0, 0.1) is 0 Å². The normalized spacial score (nSPS) is 12.3. The fraction of sp³-hybridized carbons (Fsp3) is 1.00. The number of rotatable bonds is 6. The molecule has 0 bridgehead atoms. The van der Waals surface area contributed by atoms with Gasteiger partial charge in [0, 0.05) is 17.2 Å². The molecule has 0 aliphatic carbocycles. The maximum atomic E-state index is 10.5. The van der Waals surface area contributed by atoms with E-state index in [0.717, 1.165) is 18.5 Å². The number of halogens is 1. The van der Waals surface area contributed by atoms with Crippen LogP contribution in [0.4, 0.5) is 0 Å². The summed E-state index contributed by atoms with van der Waals surface area (Å²) in [5, 5.41) is 0. The second-order valence-electron chi connectivity index (χ2n) is 2.36. The predicted octanol–water partition coefficient (Wildman–Crippen LogP) is 1.58. The predicted molar refractivity (Wildman–Crippen MR) is 55.6 cm³/mol. The van der Waals surface area contributed by atoms with Gasteiger partial charge in [0.15, 0.2) is 0 Å². The average molecular weight is 232 g/mol. The molecule has 0 heterocycles. The Morgan fingerprint density at radius 3 is 2.17 bits per heavy atom. The van der Waals surface area contributed by atoms with Gasteiger partial charge in [-0.25, -0.2) is 4.72 Å². The van der Waals surface area contributed by atoms with Gasteiger partial charge in [-0.3, -0.25) is 0 Å². The Morgan fingerprint density at radius 1 is 1.33 bits per heavy atom. The Hall–Kier alpha value is 0.630. The summed E-state index contributed by atoms with van der Waals surface area (Å²) in [6.45, 7) is 4.73. The highest BCUT2D eigenvalue weighted by atomic mass is 35.7. The van der Waals surface area contributed by atoms with Gasteiger partial charge in [-0.05, 0) is 18.5 Å². The largest absolute Gasteiger partial charge is 0.297 e. The minimum absolute atomic E-state index is 0.00514. The van der Waals surface area contributed by atoms with Crippen LogP contribution in [-0.2, 0) is 9.24 Å². The Balaban J connectivity index is 3.55. The van der Waals surface area contributed by atoms with Gasteiger partial charge >= 0.3 is 0 Å². The fourth-order valence-corrected chi connectivity index (χ4v) is 3.10. The molecule has 0 fully saturated rings. The fourth-order valence-electron chi connectivity index (χ4n) is 0.866. The molecule has 3 nitrogen and oxygen atoms in total. The first-order valence-electron chi connectivity index (χ1n) is 3.91. The Morgan fingerprint density at radius 2 is 1.83 bits per heavy atom. The molecular weight excluding hydrogens is 217 g/mol. The average Bonchev–Trinajstić information content (AvgIpc) is 1.96. The van der Waals surface area contributed by atoms with E-state index in [0.29, 0.717) is 6.54 Å². The third-order valence-electron chi connectivity index (χ3n) is 1.60. The summed E-state index contributed by atoms with van der Waals surface area (Å²) in [4.78, 5) is 0. The smallest absolute Gasteiger partial charge is 0.202 e. The lowest BCUT2D eigenvalue weighted by molar-refractivity contribution is 0.598. The monoisotopic (exact) mass is 231 g/mol. The molecule has 0 unspecified atom stereocenters. The lowest BCUT2D eigenvalue weighted by atomic mass is 10.8. The molecule has 0 radical (unpaired) electrons. The van der Waals surface area contributed by atoms with E-state index in [1.54, 1.807) is 0 Å². The lowest BCUT2D eigenvalue weighted by Crippen LogP contribution is -2.21. The van der Waals surface area contributed by atoms with Gasteiger partial charge in [-0.1, -0.05) is 13.8 Å². The van der Waals surface area contributed by atoms with Crippen LogP contribution >= 0.6 is 18.6 Å². The van der Waals surface area contributed by atoms with E-state index in [9.17, 15) is 8.42 Å². The number of hydrogen-bond donors (Lipinski definition) is 1. The van der Waals surface area contributed by atoms with Gasteiger partial charge < -0.3 is 0 Å². The van der Waals surface area contributed by atoms with Gasteiger partial charge in [0.1, 0.15) is 0 Å². The van der Waals surface area contributed by atoms with Gasteiger partial charge in [0.25, 0.3) is 9.24 Å². The van der Waals surface area contributed by atoms with E-state index in [1.807, 2.05) is 0 Å². The first-order chi connectivity index (χ1) is 5.49. The van der Waals surface area contributed by atoms with Crippen molar-refractivity contribution in [1.82, 2.24) is 4.72 Å². The van der Waals surface area contributed by atoms with Crippen LogP contribution < -0.4 is 4.72 Å². The van der Waals surface area contributed by atoms with E-state index >= 15 is 0 Å². The molecule has 6 heteroatoms. The van der Waals surface area contributed by atoms with Crippen molar-refractivity contribution in [1.29, 1.82) is 0 Å². The maximum absolute atomic E-state index is 10.5. The van der Waals surface area contributed by atoms with E-state index in [1.165, 1.54) is 0 Å². The minimum atomic E-state index is -3.50. The summed E-state index contributed by atoms with van der Waals surface area (Å²) < 4.78 is 23.2. The number of hydrogen-bond acceptors (Lipinski definition) is 2. The first-order valence-corrected chi connectivity index (χ1v) is 8.11. The quantitative estimate of drug-likeness (QED) is 0.557. The summed E-state index contributed by atoms with van der Waals surface area (Å²) >= 11 is 0. The SMILES string of the molecule is CCP(CC)CCNS(=O)(=O)Cl. The van der Waals surface area contributed by atoms with Crippen molar-refractivity contribution in [2.45, 2.75) is 13.8 Å². The van der Waals surface area contributed by atoms with Crippen LogP contribution in [0.15, 0.2) is 0 Å². The zero-order valence-corrected chi connectivity index (χ0v) is 9.85. The van der Waals surface area contributed by atoms with E-state index in [4.69, 9.17) is 10.7 Å². The summed E-state index contributed by atoms with van der Waals surface area (Å²) in [5.74, 6) is 0. The van der Waals surface area contributed by atoms with Gasteiger partial charge in [0.05, 0.1) is 0 Å². The van der Waals surface area contributed by atoms with Crippen molar-refractivity contribution in [2.24, 2.45) is 0 Å². The van der Waals surface area contributed by atoms with Gasteiger partial charge in [-0.2, -0.15) is 8.42 Å².